The van der Waals surface area contributed by atoms with Crippen molar-refractivity contribution in [2.24, 2.45) is 5.73 Å². The second-order valence-corrected chi connectivity index (χ2v) is 3.25. The van der Waals surface area contributed by atoms with Crippen LogP contribution < -0.4 is 5.73 Å². The molecule has 0 amide bonds. The number of halogens is 1. The summed E-state index contributed by atoms with van der Waals surface area (Å²) in [5.41, 5.74) is 6.72. The number of aromatic hydroxyl groups is 1. The molecule has 1 rings (SSSR count). The highest BCUT2D eigenvalue weighted by atomic mass is 35.5. The fraction of sp³-hybridized carbons (Fsp3) is 0.200. The van der Waals surface area contributed by atoms with Crippen molar-refractivity contribution in [1.82, 2.24) is 0 Å². The number of hydrogen-bond donors (Lipinski definition) is 2. The molecule has 1 aromatic carbocycles. The van der Waals surface area contributed by atoms with E-state index < -0.39 is 0 Å². The molecule has 0 aliphatic heterocycles. The Labute approximate surface area is 82.6 Å². The Kier molecular flexibility index (Phi) is 3.34. The topological polar surface area (TPSA) is 46.2 Å². The molecule has 3 N–H and O–H groups in total. The predicted molar refractivity (Wildman–Crippen MR) is 54.9 cm³/mol. The summed E-state index contributed by atoms with van der Waals surface area (Å²) in [7, 11) is 0. The minimum absolute atomic E-state index is 0.0798. The standard InChI is InChI=1S/C10H12ClNO/c1-2-3-9(12)7-4-5-10(13)8(11)6-7/h2,4-6,9,13H,1,3,12H2/t9-/m0/s1. The highest BCUT2D eigenvalue weighted by Crippen LogP contribution is 2.26. The van der Waals surface area contributed by atoms with Gasteiger partial charge in [-0.15, -0.1) is 6.58 Å². The van der Waals surface area contributed by atoms with Crippen LogP contribution in [0.3, 0.4) is 0 Å². The number of phenolic OH excluding ortho intramolecular Hbond substituents is 1. The molecule has 0 saturated carbocycles. The largest absolute Gasteiger partial charge is 0.506 e. The first kappa shape index (κ1) is 10.1. The summed E-state index contributed by atoms with van der Waals surface area (Å²) in [4.78, 5) is 0. The van der Waals surface area contributed by atoms with Gasteiger partial charge >= 0.3 is 0 Å². The zero-order valence-corrected chi connectivity index (χ0v) is 7.96. The molecule has 13 heavy (non-hydrogen) atoms. The van der Waals surface area contributed by atoms with Gasteiger partial charge in [0.25, 0.3) is 0 Å². The number of benzene rings is 1. The Morgan fingerprint density at radius 3 is 2.85 bits per heavy atom. The van der Waals surface area contributed by atoms with Gasteiger partial charge in [0.05, 0.1) is 5.02 Å². The van der Waals surface area contributed by atoms with E-state index in [0.717, 1.165) is 5.56 Å². The van der Waals surface area contributed by atoms with Gasteiger partial charge in [0.15, 0.2) is 0 Å². The van der Waals surface area contributed by atoms with E-state index in [-0.39, 0.29) is 11.8 Å². The van der Waals surface area contributed by atoms with Crippen molar-refractivity contribution >= 4 is 11.6 Å². The Hall–Kier alpha value is -0.990. The highest BCUT2D eigenvalue weighted by Gasteiger charge is 2.06. The van der Waals surface area contributed by atoms with Gasteiger partial charge in [-0.1, -0.05) is 23.7 Å². The summed E-state index contributed by atoms with van der Waals surface area (Å²) in [5.74, 6) is 0.0798. The quantitative estimate of drug-likeness (QED) is 0.732. The van der Waals surface area contributed by atoms with Crippen molar-refractivity contribution in [2.45, 2.75) is 12.5 Å². The molecule has 0 aromatic heterocycles. The molecular formula is C10H12ClNO. The van der Waals surface area contributed by atoms with Gasteiger partial charge < -0.3 is 10.8 Å². The van der Waals surface area contributed by atoms with Crippen LogP contribution in [0, 0.1) is 0 Å². The normalized spacial score (nSPS) is 12.5. The van der Waals surface area contributed by atoms with Crippen LogP contribution in [-0.2, 0) is 0 Å². The molecule has 0 spiro atoms. The molecular weight excluding hydrogens is 186 g/mol. The average Bonchev–Trinajstić information content (AvgIpc) is 2.10. The molecule has 0 saturated heterocycles. The number of phenols is 1. The molecule has 70 valence electrons. The van der Waals surface area contributed by atoms with E-state index in [1.54, 1.807) is 24.3 Å². The van der Waals surface area contributed by atoms with Crippen molar-refractivity contribution < 1.29 is 5.11 Å². The summed E-state index contributed by atoms with van der Waals surface area (Å²) in [6.07, 6.45) is 2.45. The predicted octanol–water partition coefficient (Wildman–Crippen LogP) is 2.62. The summed E-state index contributed by atoms with van der Waals surface area (Å²) < 4.78 is 0. The minimum Gasteiger partial charge on any atom is -0.506 e. The lowest BCUT2D eigenvalue weighted by molar-refractivity contribution is 0.475. The fourth-order valence-electron chi connectivity index (χ4n) is 1.07. The number of rotatable bonds is 3. The van der Waals surface area contributed by atoms with Crippen LogP contribution in [0.4, 0.5) is 0 Å². The van der Waals surface area contributed by atoms with E-state index in [1.807, 2.05) is 0 Å². The number of nitrogens with two attached hydrogens (primary N) is 1. The average molecular weight is 198 g/mol. The third-order valence-corrected chi connectivity index (χ3v) is 2.12. The van der Waals surface area contributed by atoms with Gasteiger partial charge in [-0.3, -0.25) is 0 Å². The summed E-state index contributed by atoms with van der Waals surface area (Å²) >= 11 is 5.73. The van der Waals surface area contributed by atoms with Crippen molar-refractivity contribution in [3.8, 4) is 5.75 Å². The van der Waals surface area contributed by atoms with Crippen molar-refractivity contribution in [1.29, 1.82) is 0 Å². The number of hydrogen-bond acceptors (Lipinski definition) is 2. The SMILES string of the molecule is C=CC[C@H](N)c1ccc(O)c(Cl)c1. The van der Waals surface area contributed by atoms with Gasteiger partial charge in [0.1, 0.15) is 5.75 Å². The maximum absolute atomic E-state index is 9.16. The lowest BCUT2D eigenvalue weighted by Crippen LogP contribution is -2.08. The zero-order valence-electron chi connectivity index (χ0n) is 7.20. The van der Waals surface area contributed by atoms with Gasteiger partial charge in [0.2, 0.25) is 0 Å². The van der Waals surface area contributed by atoms with E-state index in [4.69, 9.17) is 22.4 Å². The molecule has 0 fully saturated rings. The monoisotopic (exact) mass is 197 g/mol. The van der Waals surface area contributed by atoms with Crippen LogP contribution in [0.15, 0.2) is 30.9 Å². The molecule has 0 bridgehead atoms. The van der Waals surface area contributed by atoms with E-state index in [0.29, 0.717) is 11.4 Å². The van der Waals surface area contributed by atoms with Crippen LogP contribution >= 0.6 is 11.6 Å². The molecule has 0 aliphatic rings. The third kappa shape index (κ3) is 2.47. The molecule has 0 unspecified atom stereocenters. The molecule has 0 radical (unpaired) electrons. The minimum atomic E-state index is -0.101. The van der Waals surface area contributed by atoms with Gasteiger partial charge in [-0.25, -0.2) is 0 Å². The smallest absolute Gasteiger partial charge is 0.134 e. The first-order valence-electron chi connectivity index (χ1n) is 4.00. The first-order valence-corrected chi connectivity index (χ1v) is 4.38. The van der Waals surface area contributed by atoms with E-state index >= 15 is 0 Å². The lowest BCUT2D eigenvalue weighted by Gasteiger charge is -2.09. The van der Waals surface area contributed by atoms with Crippen LogP contribution in [-0.4, -0.2) is 5.11 Å². The third-order valence-electron chi connectivity index (χ3n) is 1.82. The van der Waals surface area contributed by atoms with Crippen LogP contribution in [0.2, 0.25) is 5.02 Å². The van der Waals surface area contributed by atoms with Crippen molar-refractivity contribution in [2.75, 3.05) is 0 Å². The van der Waals surface area contributed by atoms with Crippen molar-refractivity contribution in [3.63, 3.8) is 0 Å². The van der Waals surface area contributed by atoms with Crippen LogP contribution in [0.5, 0.6) is 5.75 Å². The molecule has 1 aromatic rings. The van der Waals surface area contributed by atoms with E-state index in [1.165, 1.54) is 0 Å². The van der Waals surface area contributed by atoms with E-state index in [9.17, 15) is 0 Å². The Bertz CT molecular complexity index is 312. The highest BCUT2D eigenvalue weighted by molar-refractivity contribution is 6.32. The molecule has 1 atom stereocenters. The van der Waals surface area contributed by atoms with Gasteiger partial charge in [0, 0.05) is 6.04 Å². The van der Waals surface area contributed by atoms with Crippen molar-refractivity contribution in [3.05, 3.63) is 41.4 Å². The second kappa shape index (κ2) is 4.30. The molecule has 0 aliphatic carbocycles. The molecule has 0 heterocycles. The van der Waals surface area contributed by atoms with Gasteiger partial charge in [-0.2, -0.15) is 0 Å². The maximum Gasteiger partial charge on any atom is 0.134 e. The van der Waals surface area contributed by atoms with Crippen LogP contribution in [0.1, 0.15) is 18.0 Å². The second-order valence-electron chi connectivity index (χ2n) is 2.84. The molecule has 2 nitrogen and oxygen atoms in total. The first-order chi connectivity index (χ1) is 6.15. The van der Waals surface area contributed by atoms with E-state index in [2.05, 4.69) is 6.58 Å². The maximum atomic E-state index is 9.16. The fourth-order valence-corrected chi connectivity index (χ4v) is 1.26. The van der Waals surface area contributed by atoms with Gasteiger partial charge in [-0.05, 0) is 24.1 Å². The summed E-state index contributed by atoms with van der Waals surface area (Å²) in [6.45, 7) is 3.60. The Balaban J connectivity index is 2.89. The summed E-state index contributed by atoms with van der Waals surface area (Å²) in [6, 6.07) is 4.87. The molecule has 3 heteroatoms. The van der Waals surface area contributed by atoms with Crippen LogP contribution in [0.25, 0.3) is 0 Å². The summed E-state index contributed by atoms with van der Waals surface area (Å²) in [5, 5.41) is 9.49. The zero-order chi connectivity index (χ0) is 9.84. The Morgan fingerprint density at radius 1 is 1.62 bits per heavy atom. The Morgan fingerprint density at radius 2 is 2.31 bits per heavy atom. The lowest BCUT2D eigenvalue weighted by atomic mass is 10.0.